The van der Waals surface area contributed by atoms with Crippen molar-refractivity contribution in [1.29, 1.82) is 0 Å². The van der Waals surface area contributed by atoms with Gasteiger partial charge in [-0.05, 0) is 49.7 Å². The number of halogens is 3. The molecule has 1 saturated heterocycles. The number of hydrogen-bond acceptors (Lipinski definition) is 3. The average molecular weight is 396 g/mol. The van der Waals surface area contributed by atoms with Crippen molar-refractivity contribution in [2.75, 3.05) is 26.2 Å². The molecule has 27 heavy (non-hydrogen) atoms. The maximum atomic E-state index is 12.6. The van der Waals surface area contributed by atoms with E-state index in [1.165, 1.54) is 23.5 Å². The molecule has 144 valence electrons. The van der Waals surface area contributed by atoms with Gasteiger partial charge in [-0.25, -0.2) is 0 Å². The third-order valence-corrected chi connectivity index (χ3v) is 5.83. The van der Waals surface area contributed by atoms with Crippen LogP contribution in [0.4, 0.5) is 13.2 Å². The zero-order valence-electron chi connectivity index (χ0n) is 15.0. The lowest BCUT2D eigenvalue weighted by molar-refractivity contribution is -0.137. The van der Waals surface area contributed by atoms with E-state index in [1.54, 1.807) is 9.80 Å². The van der Waals surface area contributed by atoms with Gasteiger partial charge in [0.05, 0.1) is 10.4 Å². The van der Waals surface area contributed by atoms with Crippen LogP contribution in [0.1, 0.15) is 36.0 Å². The van der Waals surface area contributed by atoms with Crippen LogP contribution in [0.3, 0.4) is 0 Å². The Bertz CT molecular complexity index is 831. The van der Waals surface area contributed by atoms with Crippen LogP contribution < -0.4 is 0 Å². The highest BCUT2D eigenvalue weighted by Gasteiger charge is 2.31. The van der Waals surface area contributed by atoms with E-state index in [2.05, 4.69) is 0 Å². The van der Waals surface area contributed by atoms with Gasteiger partial charge in [0.1, 0.15) is 0 Å². The second kappa shape index (κ2) is 7.34. The van der Waals surface area contributed by atoms with Crippen LogP contribution in [-0.2, 0) is 6.18 Å². The molecule has 3 rings (SSSR count). The minimum Gasteiger partial charge on any atom is -0.335 e. The van der Waals surface area contributed by atoms with Crippen LogP contribution in [0.2, 0.25) is 0 Å². The molecule has 0 radical (unpaired) electrons. The summed E-state index contributed by atoms with van der Waals surface area (Å²) in [4.78, 5) is 30.1. The fraction of sp³-hybridized carbons (Fsp3) is 0.368. The Morgan fingerprint density at radius 1 is 0.926 bits per heavy atom. The Hall–Kier alpha value is -2.35. The van der Waals surface area contributed by atoms with E-state index in [0.717, 1.165) is 22.6 Å². The molecular weight excluding hydrogens is 377 g/mol. The minimum atomic E-state index is -4.42. The van der Waals surface area contributed by atoms with Crippen molar-refractivity contribution in [1.82, 2.24) is 9.80 Å². The second-order valence-electron chi connectivity index (χ2n) is 6.51. The zero-order valence-corrected chi connectivity index (χ0v) is 15.8. The molecule has 2 heterocycles. The summed E-state index contributed by atoms with van der Waals surface area (Å²) in [6.45, 7) is 5.45. The number of benzene rings is 1. The number of carbonyl (C=O) groups is 2. The van der Waals surface area contributed by atoms with E-state index >= 15 is 0 Å². The van der Waals surface area contributed by atoms with E-state index < -0.39 is 11.7 Å². The Kier molecular flexibility index (Phi) is 5.28. The third kappa shape index (κ3) is 4.16. The van der Waals surface area contributed by atoms with Gasteiger partial charge in [-0.2, -0.15) is 13.2 Å². The summed E-state index contributed by atoms with van der Waals surface area (Å²) in [5.74, 6) is -0.364. The molecule has 0 atom stereocenters. The Balaban J connectivity index is 1.61. The highest BCUT2D eigenvalue weighted by atomic mass is 32.1. The van der Waals surface area contributed by atoms with Gasteiger partial charge in [-0.15, -0.1) is 11.3 Å². The molecule has 0 bridgehead atoms. The van der Waals surface area contributed by atoms with E-state index in [9.17, 15) is 22.8 Å². The van der Waals surface area contributed by atoms with Crippen LogP contribution in [0.5, 0.6) is 0 Å². The fourth-order valence-corrected chi connectivity index (χ4v) is 3.93. The SMILES string of the molecule is Cc1cc(C(=O)N2CCN(C(=O)c3ccc(C(F)(F)F)cc3)CC2)sc1C. The molecule has 2 aromatic rings. The lowest BCUT2D eigenvalue weighted by Crippen LogP contribution is -2.50. The van der Waals surface area contributed by atoms with Gasteiger partial charge in [-0.3, -0.25) is 9.59 Å². The molecule has 0 unspecified atom stereocenters. The predicted octanol–water partition coefficient (Wildman–Crippen LogP) is 3.98. The number of rotatable bonds is 2. The average Bonchev–Trinajstić information content (AvgIpc) is 2.99. The summed E-state index contributed by atoms with van der Waals surface area (Å²) < 4.78 is 37.9. The number of nitrogens with zero attached hydrogens (tertiary/aromatic N) is 2. The zero-order chi connectivity index (χ0) is 19.8. The lowest BCUT2D eigenvalue weighted by Gasteiger charge is -2.34. The summed E-state index contributed by atoms with van der Waals surface area (Å²) in [5.41, 5.74) is 0.516. The van der Waals surface area contributed by atoms with Crippen molar-refractivity contribution in [2.24, 2.45) is 0 Å². The molecule has 0 spiro atoms. The molecule has 0 saturated carbocycles. The topological polar surface area (TPSA) is 40.6 Å². The van der Waals surface area contributed by atoms with Crippen LogP contribution in [0, 0.1) is 13.8 Å². The minimum absolute atomic E-state index is 0.0437. The first-order chi connectivity index (χ1) is 12.7. The molecule has 1 aromatic carbocycles. The number of hydrogen-bond donors (Lipinski definition) is 0. The number of thiophene rings is 1. The van der Waals surface area contributed by atoms with Crippen molar-refractivity contribution in [3.63, 3.8) is 0 Å². The molecule has 1 aromatic heterocycles. The number of alkyl halides is 3. The molecular formula is C19H19F3N2O2S. The lowest BCUT2D eigenvalue weighted by atomic mass is 10.1. The normalized spacial score (nSPS) is 15.1. The number of aryl methyl sites for hydroxylation is 2. The molecule has 4 nitrogen and oxygen atoms in total. The van der Waals surface area contributed by atoms with Crippen molar-refractivity contribution in [3.05, 3.63) is 56.8 Å². The van der Waals surface area contributed by atoms with Crippen molar-refractivity contribution in [3.8, 4) is 0 Å². The number of piperazine rings is 1. The molecule has 0 N–H and O–H groups in total. The molecule has 2 amide bonds. The first kappa shape index (κ1) is 19.4. The summed E-state index contributed by atoms with van der Waals surface area (Å²) in [5, 5.41) is 0. The van der Waals surface area contributed by atoms with Gasteiger partial charge in [0.2, 0.25) is 0 Å². The molecule has 1 fully saturated rings. The quantitative estimate of drug-likeness (QED) is 0.770. The maximum absolute atomic E-state index is 12.6. The fourth-order valence-electron chi connectivity index (χ4n) is 2.93. The predicted molar refractivity (Wildman–Crippen MR) is 97.0 cm³/mol. The van der Waals surface area contributed by atoms with Crippen molar-refractivity contribution in [2.45, 2.75) is 20.0 Å². The van der Waals surface area contributed by atoms with Gasteiger partial charge in [0.15, 0.2) is 0 Å². The van der Waals surface area contributed by atoms with E-state index in [-0.39, 0.29) is 17.4 Å². The number of amides is 2. The van der Waals surface area contributed by atoms with Crippen molar-refractivity contribution >= 4 is 23.2 Å². The highest BCUT2D eigenvalue weighted by Crippen LogP contribution is 2.29. The monoisotopic (exact) mass is 396 g/mol. The highest BCUT2D eigenvalue weighted by molar-refractivity contribution is 7.14. The van der Waals surface area contributed by atoms with Crippen LogP contribution in [0.15, 0.2) is 30.3 Å². The largest absolute Gasteiger partial charge is 0.416 e. The standard InChI is InChI=1S/C19H19F3N2O2S/c1-12-11-16(27-13(12)2)18(26)24-9-7-23(8-10-24)17(25)14-3-5-15(6-4-14)19(20,21)22/h3-6,11H,7-10H2,1-2H3. The maximum Gasteiger partial charge on any atom is 0.416 e. The van der Waals surface area contributed by atoms with Crippen molar-refractivity contribution < 1.29 is 22.8 Å². The summed E-state index contributed by atoms with van der Waals surface area (Å²) in [7, 11) is 0. The van der Waals surface area contributed by atoms with Gasteiger partial charge < -0.3 is 9.80 Å². The van der Waals surface area contributed by atoms with E-state index in [1.807, 2.05) is 19.9 Å². The third-order valence-electron chi connectivity index (χ3n) is 4.69. The van der Waals surface area contributed by atoms with Gasteiger partial charge >= 0.3 is 6.18 Å². The van der Waals surface area contributed by atoms with Gasteiger partial charge in [0, 0.05) is 36.6 Å². The Morgan fingerprint density at radius 3 is 1.89 bits per heavy atom. The smallest absolute Gasteiger partial charge is 0.335 e. The first-order valence-corrected chi connectivity index (χ1v) is 9.31. The summed E-state index contributed by atoms with van der Waals surface area (Å²) in [6.07, 6.45) is -4.42. The molecule has 0 aliphatic carbocycles. The number of carbonyl (C=O) groups excluding carboxylic acids is 2. The molecule has 1 aliphatic heterocycles. The Morgan fingerprint density at radius 2 is 1.44 bits per heavy atom. The molecule has 8 heteroatoms. The van der Waals surface area contributed by atoms with E-state index in [0.29, 0.717) is 31.1 Å². The van der Waals surface area contributed by atoms with Crippen LogP contribution in [0.25, 0.3) is 0 Å². The van der Waals surface area contributed by atoms with Gasteiger partial charge in [-0.1, -0.05) is 0 Å². The second-order valence-corrected chi connectivity index (χ2v) is 7.77. The Labute approximate surface area is 159 Å². The summed E-state index contributed by atoms with van der Waals surface area (Å²) in [6, 6.07) is 6.09. The molecule has 1 aliphatic rings. The summed E-state index contributed by atoms with van der Waals surface area (Å²) >= 11 is 1.46. The first-order valence-electron chi connectivity index (χ1n) is 8.49. The van der Waals surface area contributed by atoms with Gasteiger partial charge in [0.25, 0.3) is 11.8 Å². The van der Waals surface area contributed by atoms with Crippen LogP contribution >= 0.6 is 11.3 Å². The van der Waals surface area contributed by atoms with E-state index in [4.69, 9.17) is 0 Å². The van der Waals surface area contributed by atoms with Crippen LogP contribution in [-0.4, -0.2) is 47.8 Å².